The summed E-state index contributed by atoms with van der Waals surface area (Å²) in [6.45, 7) is 4.05. The van der Waals surface area contributed by atoms with Crippen LogP contribution in [-0.4, -0.2) is 24.0 Å². The van der Waals surface area contributed by atoms with Gasteiger partial charge in [0.15, 0.2) is 0 Å². The van der Waals surface area contributed by atoms with Gasteiger partial charge in [0.1, 0.15) is 0 Å². The molecular formula is C13H21Cl2N3O. The van der Waals surface area contributed by atoms with Gasteiger partial charge in [-0.1, -0.05) is 0 Å². The van der Waals surface area contributed by atoms with E-state index in [9.17, 15) is 4.79 Å². The highest BCUT2D eigenvalue weighted by Crippen LogP contribution is 2.16. The summed E-state index contributed by atoms with van der Waals surface area (Å²) in [5.74, 6) is 0.753. The molecule has 1 aliphatic heterocycles. The number of carbonyl (C=O) groups is 1. The maximum atomic E-state index is 11.8. The molecule has 1 aromatic rings. The summed E-state index contributed by atoms with van der Waals surface area (Å²) in [5.41, 5.74) is 1.69. The molecule has 1 amide bonds. The van der Waals surface area contributed by atoms with Crippen LogP contribution in [0, 0.1) is 12.8 Å². The van der Waals surface area contributed by atoms with Crippen molar-refractivity contribution in [3.05, 3.63) is 24.0 Å². The number of hydrogen-bond acceptors (Lipinski definition) is 3. The fraction of sp³-hybridized carbons (Fsp3) is 0.538. The molecular weight excluding hydrogens is 285 g/mol. The number of anilines is 1. The van der Waals surface area contributed by atoms with Crippen molar-refractivity contribution in [1.29, 1.82) is 0 Å². The van der Waals surface area contributed by atoms with Crippen LogP contribution < -0.4 is 10.6 Å². The van der Waals surface area contributed by atoms with Gasteiger partial charge < -0.3 is 10.6 Å². The minimum Gasteiger partial charge on any atom is -0.325 e. The Bertz CT molecular complexity index is 395. The van der Waals surface area contributed by atoms with Crippen LogP contribution in [0.25, 0.3) is 0 Å². The van der Waals surface area contributed by atoms with Crippen LogP contribution in [0.3, 0.4) is 0 Å². The quantitative estimate of drug-likeness (QED) is 0.899. The molecule has 19 heavy (non-hydrogen) atoms. The highest BCUT2D eigenvalue weighted by atomic mass is 35.5. The van der Waals surface area contributed by atoms with Crippen LogP contribution in [0.5, 0.6) is 0 Å². The van der Waals surface area contributed by atoms with E-state index in [-0.39, 0.29) is 30.7 Å². The third-order valence-electron chi connectivity index (χ3n) is 3.22. The van der Waals surface area contributed by atoms with Crippen molar-refractivity contribution in [3.8, 4) is 0 Å². The fourth-order valence-electron chi connectivity index (χ4n) is 2.13. The highest BCUT2D eigenvalue weighted by molar-refractivity contribution is 5.91. The summed E-state index contributed by atoms with van der Waals surface area (Å²) < 4.78 is 0. The first-order valence-corrected chi connectivity index (χ1v) is 6.18. The molecule has 1 atom stereocenters. The van der Waals surface area contributed by atoms with Gasteiger partial charge in [0.2, 0.25) is 5.91 Å². The van der Waals surface area contributed by atoms with Gasteiger partial charge in [-0.2, -0.15) is 0 Å². The number of amides is 1. The Morgan fingerprint density at radius 2 is 2.32 bits per heavy atom. The topological polar surface area (TPSA) is 54.0 Å². The first kappa shape index (κ1) is 18.2. The van der Waals surface area contributed by atoms with Gasteiger partial charge >= 0.3 is 0 Å². The molecule has 0 aromatic carbocycles. The van der Waals surface area contributed by atoms with E-state index in [1.165, 1.54) is 6.42 Å². The van der Waals surface area contributed by atoms with Gasteiger partial charge in [-0.15, -0.1) is 24.8 Å². The largest absolute Gasteiger partial charge is 0.325 e. The number of pyridine rings is 1. The number of nitrogens with zero attached hydrogens (tertiary/aromatic N) is 1. The molecule has 0 radical (unpaired) electrons. The van der Waals surface area contributed by atoms with Crippen molar-refractivity contribution >= 4 is 36.4 Å². The Balaban J connectivity index is 0.00000162. The lowest BCUT2D eigenvalue weighted by atomic mass is 10.0. The van der Waals surface area contributed by atoms with E-state index in [0.29, 0.717) is 12.3 Å². The van der Waals surface area contributed by atoms with Gasteiger partial charge in [-0.25, -0.2) is 0 Å². The number of hydrogen-bond donors (Lipinski definition) is 2. The molecule has 1 aromatic heterocycles. The van der Waals surface area contributed by atoms with Gasteiger partial charge in [0, 0.05) is 12.6 Å². The summed E-state index contributed by atoms with van der Waals surface area (Å²) in [5, 5.41) is 6.23. The standard InChI is InChI=1S/C13H19N3O.2ClH/c1-10-12(3-2-7-15-10)16-13(17)5-4-11-6-8-14-9-11;;/h2-3,7,11,14H,4-6,8-9H2,1H3,(H,16,17);2*1H. The molecule has 1 aliphatic rings. The predicted octanol–water partition coefficient (Wildman–Crippen LogP) is 2.56. The van der Waals surface area contributed by atoms with E-state index < -0.39 is 0 Å². The summed E-state index contributed by atoms with van der Waals surface area (Å²) in [7, 11) is 0. The first-order chi connectivity index (χ1) is 8.25. The lowest BCUT2D eigenvalue weighted by molar-refractivity contribution is -0.116. The summed E-state index contributed by atoms with van der Waals surface area (Å²) in [4.78, 5) is 15.9. The number of aromatic nitrogens is 1. The number of halogens is 2. The van der Waals surface area contributed by atoms with Gasteiger partial charge in [-0.3, -0.25) is 9.78 Å². The Kier molecular flexibility index (Phi) is 8.72. The van der Waals surface area contributed by atoms with E-state index in [1.807, 2.05) is 19.1 Å². The summed E-state index contributed by atoms with van der Waals surface area (Å²) in [6.07, 6.45) is 4.49. The molecule has 2 heterocycles. The maximum Gasteiger partial charge on any atom is 0.224 e. The average Bonchev–Trinajstić information content (AvgIpc) is 2.82. The van der Waals surface area contributed by atoms with Gasteiger partial charge in [0.25, 0.3) is 0 Å². The van der Waals surface area contributed by atoms with E-state index in [2.05, 4.69) is 15.6 Å². The second-order valence-electron chi connectivity index (χ2n) is 4.58. The lowest BCUT2D eigenvalue weighted by Crippen LogP contribution is -2.15. The molecule has 1 fully saturated rings. The number of aryl methyl sites for hydroxylation is 1. The smallest absolute Gasteiger partial charge is 0.224 e. The maximum absolute atomic E-state index is 11.8. The molecule has 1 unspecified atom stereocenters. The Morgan fingerprint density at radius 3 is 2.95 bits per heavy atom. The SMILES string of the molecule is Cc1ncccc1NC(=O)CCC1CCNC1.Cl.Cl. The molecule has 1 saturated heterocycles. The van der Waals surface area contributed by atoms with Gasteiger partial charge in [0.05, 0.1) is 11.4 Å². The van der Waals surface area contributed by atoms with E-state index in [1.54, 1.807) is 6.20 Å². The summed E-state index contributed by atoms with van der Waals surface area (Å²) in [6, 6.07) is 3.72. The number of carbonyl (C=O) groups excluding carboxylic acids is 1. The number of nitrogens with one attached hydrogen (secondary N) is 2. The zero-order valence-electron chi connectivity index (χ0n) is 11.0. The third kappa shape index (κ3) is 5.76. The van der Waals surface area contributed by atoms with Crippen LogP contribution in [0.1, 0.15) is 25.0 Å². The molecule has 2 N–H and O–H groups in total. The summed E-state index contributed by atoms with van der Waals surface area (Å²) >= 11 is 0. The molecule has 108 valence electrons. The molecule has 4 nitrogen and oxygen atoms in total. The van der Waals surface area contributed by atoms with Crippen molar-refractivity contribution in [2.75, 3.05) is 18.4 Å². The monoisotopic (exact) mass is 305 g/mol. The zero-order valence-corrected chi connectivity index (χ0v) is 12.6. The number of rotatable bonds is 4. The predicted molar refractivity (Wildman–Crippen MR) is 82.3 cm³/mol. The zero-order chi connectivity index (χ0) is 12.1. The van der Waals surface area contributed by atoms with Crippen LogP contribution in [0.4, 0.5) is 5.69 Å². The minimum atomic E-state index is 0. The second kappa shape index (κ2) is 9.13. The minimum absolute atomic E-state index is 0. The Labute approximate surface area is 126 Å². The van der Waals surface area contributed by atoms with Crippen molar-refractivity contribution in [3.63, 3.8) is 0 Å². The molecule has 0 saturated carbocycles. The average molecular weight is 306 g/mol. The molecule has 0 bridgehead atoms. The van der Waals surface area contributed by atoms with Crippen molar-refractivity contribution in [1.82, 2.24) is 10.3 Å². The van der Waals surface area contributed by atoms with E-state index in [4.69, 9.17) is 0 Å². The van der Waals surface area contributed by atoms with Crippen LogP contribution in [-0.2, 0) is 4.79 Å². The van der Waals surface area contributed by atoms with Crippen LogP contribution in [0.2, 0.25) is 0 Å². The normalized spacial score (nSPS) is 17.2. The Hall–Kier alpha value is -0.840. The fourth-order valence-corrected chi connectivity index (χ4v) is 2.13. The van der Waals surface area contributed by atoms with Crippen LogP contribution >= 0.6 is 24.8 Å². The molecule has 0 spiro atoms. The van der Waals surface area contributed by atoms with Crippen molar-refractivity contribution in [2.24, 2.45) is 5.92 Å². The van der Waals surface area contributed by atoms with E-state index in [0.717, 1.165) is 30.9 Å². The van der Waals surface area contributed by atoms with Crippen molar-refractivity contribution < 1.29 is 4.79 Å². The van der Waals surface area contributed by atoms with Crippen molar-refractivity contribution in [2.45, 2.75) is 26.2 Å². The Morgan fingerprint density at radius 1 is 1.53 bits per heavy atom. The molecule has 2 rings (SSSR count). The molecule has 0 aliphatic carbocycles. The second-order valence-corrected chi connectivity index (χ2v) is 4.58. The van der Waals surface area contributed by atoms with Crippen LogP contribution in [0.15, 0.2) is 18.3 Å². The molecule has 6 heteroatoms. The third-order valence-corrected chi connectivity index (χ3v) is 3.22. The first-order valence-electron chi connectivity index (χ1n) is 6.18. The highest BCUT2D eigenvalue weighted by Gasteiger charge is 2.15. The van der Waals surface area contributed by atoms with Gasteiger partial charge in [-0.05, 0) is 50.9 Å². The van der Waals surface area contributed by atoms with E-state index >= 15 is 0 Å². The lowest BCUT2D eigenvalue weighted by Gasteiger charge is -2.09.